The Morgan fingerprint density at radius 2 is 2.20 bits per heavy atom. The predicted octanol–water partition coefficient (Wildman–Crippen LogP) is 5.08. The molecule has 20 heavy (non-hydrogen) atoms. The van der Waals surface area contributed by atoms with Gasteiger partial charge in [0.05, 0.1) is 16.4 Å². The Labute approximate surface area is 126 Å². The first kappa shape index (κ1) is 13.9. The van der Waals surface area contributed by atoms with E-state index in [0.717, 1.165) is 29.7 Å². The van der Waals surface area contributed by atoms with E-state index in [1.165, 1.54) is 30.3 Å². The maximum Gasteiger partial charge on any atom is 0.127 e. The smallest absolute Gasteiger partial charge is 0.127 e. The Morgan fingerprint density at radius 1 is 1.40 bits per heavy atom. The molecule has 3 atom stereocenters. The van der Waals surface area contributed by atoms with Crippen LogP contribution in [0.15, 0.2) is 18.2 Å². The molecule has 1 aliphatic carbocycles. The summed E-state index contributed by atoms with van der Waals surface area (Å²) in [5, 5.41) is -0.0422. The summed E-state index contributed by atoms with van der Waals surface area (Å²) in [6.07, 6.45) is 4.06. The van der Waals surface area contributed by atoms with Crippen LogP contribution in [0.5, 0.6) is 0 Å². The lowest BCUT2D eigenvalue weighted by Gasteiger charge is -2.19. The van der Waals surface area contributed by atoms with Gasteiger partial charge in [0.15, 0.2) is 0 Å². The molecule has 1 aromatic carbocycles. The van der Waals surface area contributed by atoms with Gasteiger partial charge in [-0.3, -0.25) is 0 Å². The highest BCUT2D eigenvalue weighted by atomic mass is 35.5. The van der Waals surface area contributed by atoms with Crippen LogP contribution in [0, 0.1) is 18.8 Å². The van der Waals surface area contributed by atoms with Crippen molar-refractivity contribution >= 4 is 22.6 Å². The largest absolute Gasteiger partial charge is 0.326 e. The summed E-state index contributed by atoms with van der Waals surface area (Å²) in [6, 6.07) is 6.48. The molecule has 1 aliphatic rings. The second-order valence-electron chi connectivity index (χ2n) is 6.36. The average molecular weight is 291 g/mol. The quantitative estimate of drug-likeness (QED) is 0.721. The number of nitrogens with zero attached hydrogens (tertiary/aromatic N) is 2. The summed E-state index contributed by atoms with van der Waals surface area (Å²) < 4.78 is 2.37. The van der Waals surface area contributed by atoms with Crippen molar-refractivity contribution in [1.82, 2.24) is 9.55 Å². The van der Waals surface area contributed by atoms with E-state index in [9.17, 15) is 0 Å². The van der Waals surface area contributed by atoms with Crippen molar-refractivity contribution in [2.24, 2.45) is 11.8 Å². The highest BCUT2D eigenvalue weighted by Gasteiger charge is 2.26. The van der Waals surface area contributed by atoms with E-state index in [2.05, 4.69) is 36.6 Å². The zero-order chi connectivity index (χ0) is 14.3. The van der Waals surface area contributed by atoms with E-state index < -0.39 is 0 Å². The van der Waals surface area contributed by atoms with Crippen molar-refractivity contribution in [3.63, 3.8) is 0 Å². The molecule has 0 radical (unpaired) electrons. The molecule has 3 rings (SSSR count). The number of hydrogen-bond donors (Lipinski definition) is 0. The molecule has 0 bridgehead atoms. The molecule has 3 heteroatoms. The van der Waals surface area contributed by atoms with Gasteiger partial charge in [0.2, 0.25) is 0 Å². The van der Waals surface area contributed by atoms with E-state index in [1.54, 1.807) is 0 Å². The Morgan fingerprint density at radius 3 is 2.85 bits per heavy atom. The summed E-state index contributed by atoms with van der Waals surface area (Å²) in [7, 11) is 0. The molecule has 1 aromatic heterocycles. The van der Waals surface area contributed by atoms with Crippen LogP contribution in [0.4, 0.5) is 0 Å². The average Bonchev–Trinajstić information content (AvgIpc) is 2.95. The first-order valence-electron chi connectivity index (χ1n) is 7.67. The van der Waals surface area contributed by atoms with Gasteiger partial charge in [-0.1, -0.05) is 25.8 Å². The Bertz CT molecular complexity index is 615. The van der Waals surface area contributed by atoms with Gasteiger partial charge in [0, 0.05) is 6.54 Å². The zero-order valence-electron chi connectivity index (χ0n) is 12.6. The van der Waals surface area contributed by atoms with Crippen molar-refractivity contribution in [3.8, 4) is 0 Å². The molecule has 2 aromatic rings. The summed E-state index contributed by atoms with van der Waals surface area (Å²) in [6.45, 7) is 7.60. The molecule has 0 spiro atoms. The number of alkyl halides is 1. The maximum atomic E-state index is 6.36. The van der Waals surface area contributed by atoms with Gasteiger partial charge in [0.1, 0.15) is 5.82 Å². The number of imidazole rings is 1. The molecule has 108 valence electrons. The van der Waals surface area contributed by atoms with Crippen LogP contribution in [0.3, 0.4) is 0 Å². The van der Waals surface area contributed by atoms with Crippen molar-refractivity contribution in [3.05, 3.63) is 29.6 Å². The van der Waals surface area contributed by atoms with E-state index >= 15 is 0 Å². The molecule has 0 amide bonds. The van der Waals surface area contributed by atoms with Crippen molar-refractivity contribution < 1.29 is 0 Å². The number of fused-ring (bicyclic) bond motifs is 1. The minimum Gasteiger partial charge on any atom is -0.326 e. The minimum atomic E-state index is -0.0422. The van der Waals surface area contributed by atoms with Gasteiger partial charge in [0.25, 0.3) is 0 Å². The normalized spacial score (nSPS) is 24.4. The monoisotopic (exact) mass is 290 g/mol. The molecule has 0 aliphatic heterocycles. The van der Waals surface area contributed by atoms with Gasteiger partial charge < -0.3 is 4.57 Å². The van der Waals surface area contributed by atoms with Crippen LogP contribution in [0.2, 0.25) is 0 Å². The topological polar surface area (TPSA) is 17.8 Å². The molecule has 0 saturated heterocycles. The molecule has 0 N–H and O–H groups in total. The zero-order valence-corrected chi connectivity index (χ0v) is 13.3. The van der Waals surface area contributed by atoms with Crippen LogP contribution < -0.4 is 0 Å². The number of halogens is 1. The first-order chi connectivity index (χ1) is 9.56. The molecule has 1 heterocycles. The van der Waals surface area contributed by atoms with Crippen molar-refractivity contribution in [2.75, 3.05) is 0 Å². The second-order valence-corrected chi connectivity index (χ2v) is 7.01. The fourth-order valence-electron chi connectivity index (χ4n) is 3.47. The fourth-order valence-corrected chi connectivity index (χ4v) is 3.64. The van der Waals surface area contributed by atoms with Crippen LogP contribution in [-0.4, -0.2) is 9.55 Å². The molecule has 1 fully saturated rings. The minimum absolute atomic E-state index is 0.0422. The van der Waals surface area contributed by atoms with E-state index in [1.807, 2.05) is 6.92 Å². The molecule has 3 unspecified atom stereocenters. The number of aromatic nitrogens is 2. The number of hydrogen-bond acceptors (Lipinski definition) is 1. The predicted molar refractivity (Wildman–Crippen MR) is 85.2 cm³/mol. The lowest BCUT2D eigenvalue weighted by molar-refractivity contribution is 0.363. The summed E-state index contributed by atoms with van der Waals surface area (Å²) in [5.41, 5.74) is 3.60. The fraction of sp³-hybridized carbons (Fsp3) is 0.588. The third kappa shape index (κ3) is 2.46. The van der Waals surface area contributed by atoms with Gasteiger partial charge in [-0.2, -0.15) is 0 Å². The van der Waals surface area contributed by atoms with Crippen molar-refractivity contribution in [1.29, 1.82) is 0 Å². The second kappa shape index (κ2) is 5.40. The van der Waals surface area contributed by atoms with Gasteiger partial charge in [-0.05, 0) is 49.8 Å². The van der Waals surface area contributed by atoms with E-state index in [-0.39, 0.29) is 5.38 Å². The lowest BCUT2D eigenvalue weighted by atomic mass is 9.98. The van der Waals surface area contributed by atoms with Crippen LogP contribution in [0.25, 0.3) is 11.0 Å². The van der Waals surface area contributed by atoms with Crippen molar-refractivity contribution in [2.45, 2.75) is 52.0 Å². The third-order valence-corrected chi connectivity index (χ3v) is 4.94. The number of rotatable bonds is 3. The summed E-state index contributed by atoms with van der Waals surface area (Å²) in [5.74, 6) is 2.60. The Balaban J connectivity index is 2.05. The highest BCUT2D eigenvalue weighted by molar-refractivity contribution is 6.20. The number of aryl methyl sites for hydroxylation is 1. The molecule has 2 nitrogen and oxygen atoms in total. The van der Waals surface area contributed by atoms with E-state index in [0.29, 0.717) is 0 Å². The maximum absolute atomic E-state index is 6.36. The summed E-state index contributed by atoms with van der Waals surface area (Å²) >= 11 is 6.36. The first-order valence-corrected chi connectivity index (χ1v) is 8.10. The molecular formula is C17H23ClN2. The van der Waals surface area contributed by atoms with Crippen LogP contribution >= 0.6 is 11.6 Å². The van der Waals surface area contributed by atoms with E-state index in [4.69, 9.17) is 16.6 Å². The Kier molecular flexibility index (Phi) is 3.76. The molecular weight excluding hydrogens is 268 g/mol. The lowest BCUT2D eigenvalue weighted by Crippen LogP contribution is -2.15. The van der Waals surface area contributed by atoms with Crippen LogP contribution in [-0.2, 0) is 6.54 Å². The summed E-state index contributed by atoms with van der Waals surface area (Å²) in [4.78, 5) is 4.75. The Hall–Kier alpha value is -1.02. The van der Waals surface area contributed by atoms with Gasteiger partial charge >= 0.3 is 0 Å². The third-order valence-electron chi connectivity index (χ3n) is 4.75. The molecule has 1 saturated carbocycles. The number of benzene rings is 1. The van der Waals surface area contributed by atoms with Gasteiger partial charge in [-0.25, -0.2) is 4.98 Å². The SMILES string of the molecule is Cc1ccc2nc(C(C)Cl)n(CC3CCCC3C)c2c1. The van der Waals surface area contributed by atoms with Crippen LogP contribution in [0.1, 0.15) is 49.9 Å². The van der Waals surface area contributed by atoms with Gasteiger partial charge in [-0.15, -0.1) is 11.6 Å². The highest BCUT2D eigenvalue weighted by Crippen LogP contribution is 2.35. The standard InChI is InChI=1S/C17H23ClN2/c1-11-7-8-15-16(9-11)20(17(19-15)13(3)18)10-14-6-4-5-12(14)2/h7-9,12-14H,4-6,10H2,1-3H3.